The van der Waals surface area contributed by atoms with Crippen molar-refractivity contribution in [2.24, 2.45) is 28.6 Å². The minimum absolute atomic E-state index is 0.0253. The van der Waals surface area contributed by atoms with Gasteiger partial charge in [0.25, 0.3) is 0 Å². The molecule has 0 radical (unpaired) electrons. The Balaban J connectivity index is 2.05. The number of hydrogen-bond acceptors (Lipinski definition) is 2. The third-order valence-electron chi connectivity index (χ3n) is 4.27. The summed E-state index contributed by atoms with van der Waals surface area (Å²) in [6, 6.07) is 0. The van der Waals surface area contributed by atoms with Gasteiger partial charge in [-0.15, -0.1) is 0 Å². The van der Waals surface area contributed by atoms with Crippen molar-refractivity contribution in [1.82, 2.24) is 0 Å². The van der Waals surface area contributed by atoms with Gasteiger partial charge < -0.3 is 4.74 Å². The maximum absolute atomic E-state index is 12.6. The maximum atomic E-state index is 12.6. The molecule has 0 saturated heterocycles. The van der Waals surface area contributed by atoms with Crippen LogP contribution in [0.15, 0.2) is 11.6 Å². The summed E-state index contributed by atoms with van der Waals surface area (Å²) in [7, 11) is 0. The second kappa shape index (κ2) is 4.36. The molecular weight excluding hydrogens is 236 g/mol. The van der Waals surface area contributed by atoms with Gasteiger partial charge in [0.2, 0.25) is 0 Å². The summed E-state index contributed by atoms with van der Waals surface area (Å²) >= 11 is 0. The van der Waals surface area contributed by atoms with Gasteiger partial charge >= 0.3 is 5.97 Å². The van der Waals surface area contributed by atoms with Gasteiger partial charge in [0.1, 0.15) is 6.10 Å². The molecular formula is C17H28O2. The molecule has 1 fully saturated rings. The van der Waals surface area contributed by atoms with Crippen molar-refractivity contribution in [3.63, 3.8) is 0 Å². The molecule has 0 bridgehead atoms. The molecule has 0 N–H and O–H groups in total. The molecule has 2 heteroatoms. The molecule has 2 aliphatic rings. The van der Waals surface area contributed by atoms with E-state index in [0.29, 0.717) is 17.8 Å². The number of carbonyl (C=O) groups is 1. The summed E-state index contributed by atoms with van der Waals surface area (Å²) in [5.41, 5.74) is 1.25. The van der Waals surface area contributed by atoms with Crippen LogP contribution in [0.25, 0.3) is 0 Å². The minimum Gasteiger partial charge on any atom is -0.461 e. The third-order valence-corrected chi connectivity index (χ3v) is 4.27. The fourth-order valence-corrected chi connectivity index (χ4v) is 3.39. The average molecular weight is 264 g/mol. The minimum atomic E-state index is -0.250. The van der Waals surface area contributed by atoms with Crippen molar-refractivity contribution in [2.75, 3.05) is 0 Å². The Morgan fingerprint density at radius 1 is 1.26 bits per heavy atom. The van der Waals surface area contributed by atoms with E-state index < -0.39 is 0 Å². The van der Waals surface area contributed by atoms with Crippen molar-refractivity contribution in [2.45, 2.75) is 61.0 Å². The molecule has 108 valence electrons. The summed E-state index contributed by atoms with van der Waals surface area (Å²) in [6.45, 7) is 15.1. The molecule has 0 aromatic heterocycles. The lowest BCUT2D eigenvalue weighted by atomic mass is 9.79. The number of rotatable bonds is 5. The van der Waals surface area contributed by atoms with Crippen LogP contribution in [-0.2, 0) is 9.53 Å². The Kier molecular flexibility index (Phi) is 3.35. The Morgan fingerprint density at radius 3 is 2.00 bits per heavy atom. The van der Waals surface area contributed by atoms with Gasteiger partial charge in [0.15, 0.2) is 0 Å². The van der Waals surface area contributed by atoms with Crippen LogP contribution in [0.5, 0.6) is 0 Å². The van der Waals surface area contributed by atoms with Gasteiger partial charge in [-0.25, -0.2) is 0 Å². The topological polar surface area (TPSA) is 26.3 Å². The van der Waals surface area contributed by atoms with Crippen molar-refractivity contribution >= 4 is 5.97 Å². The van der Waals surface area contributed by atoms with E-state index in [4.69, 9.17) is 4.74 Å². The molecule has 0 aliphatic heterocycles. The first kappa shape index (κ1) is 14.6. The van der Waals surface area contributed by atoms with Crippen molar-refractivity contribution in [3.8, 4) is 0 Å². The van der Waals surface area contributed by atoms with Crippen molar-refractivity contribution in [1.29, 1.82) is 0 Å². The van der Waals surface area contributed by atoms with Gasteiger partial charge in [-0.1, -0.05) is 54.5 Å². The highest BCUT2D eigenvalue weighted by Crippen LogP contribution is 2.75. The van der Waals surface area contributed by atoms with Crippen LogP contribution in [0.2, 0.25) is 0 Å². The number of esters is 1. The van der Waals surface area contributed by atoms with E-state index in [2.05, 4.69) is 54.5 Å². The van der Waals surface area contributed by atoms with Crippen LogP contribution < -0.4 is 0 Å². The SMILES string of the molecule is CC(C)C(OC(=O)C1(CC(C)(C)C)C2=CC21)C(C)C. The van der Waals surface area contributed by atoms with E-state index in [1.165, 1.54) is 5.57 Å². The fraction of sp³-hybridized carbons (Fsp3) is 0.824. The van der Waals surface area contributed by atoms with Gasteiger partial charge in [-0.2, -0.15) is 0 Å². The van der Waals surface area contributed by atoms with Gasteiger partial charge in [-0.05, 0) is 29.2 Å². The number of allylic oxidation sites excluding steroid dienone is 1. The van der Waals surface area contributed by atoms with Gasteiger partial charge in [-0.3, -0.25) is 4.79 Å². The first-order valence-electron chi connectivity index (χ1n) is 7.53. The molecule has 2 unspecified atom stereocenters. The number of ether oxygens (including phenoxy) is 1. The molecule has 0 heterocycles. The smallest absolute Gasteiger partial charge is 0.317 e. The van der Waals surface area contributed by atoms with Crippen molar-refractivity contribution < 1.29 is 9.53 Å². The zero-order valence-electron chi connectivity index (χ0n) is 13.4. The second-order valence-electron chi connectivity index (χ2n) is 8.17. The lowest BCUT2D eigenvalue weighted by Crippen LogP contribution is -2.35. The van der Waals surface area contributed by atoms with Crippen molar-refractivity contribution in [3.05, 3.63) is 11.6 Å². The fourth-order valence-electron chi connectivity index (χ4n) is 3.39. The lowest BCUT2D eigenvalue weighted by molar-refractivity contribution is -0.162. The first-order valence-corrected chi connectivity index (χ1v) is 7.53. The molecule has 2 rings (SSSR count). The monoisotopic (exact) mass is 264 g/mol. The highest BCUT2D eigenvalue weighted by Gasteiger charge is 2.74. The highest BCUT2D eigenvalue weighted by molar-refractivity contribution is 5.93. The average Bonchev–Trinajstić information content (AvgIpc) is 3.08. The van der Waals surface area contributed by atoms with Gasteiger partial charge in [0.05, 0.1) is 5.41 Å². The summed E-state index contributed by atoms with van der Waals surface area (Å²) < 4.78 is 5.87. The van der Waals surface area contributed by atoms with Gasteiger partial charge in [0, 0.05) is 5.92 Å². The molecule has 0 spiro atoms. The Hall–Kier alpha value is -0.790. The highest BCUT2D eigenvalue weighted by atomic mass is 16.5. The maximum Gasteiger partial charge on any atom is 0.317 e. The molecule has 2 atom stereocenters. The van der Waals surface area contributed by atoms with Crippen LogP contribution in [0.3, 0.4) is 0 Å². The third kappa shape index (κ3) is 2.59. The lowest BCUT2D eigenvalue weighted by Gasteiger charge is -2.31. The quantitative estimate of drug-likeness (QED) is 0.549. The van der Waals surface area contributed by atoms with E-state index in [9.17, 15) is 4.79 Å². The first-order chi connectivity index (χ1) is 8.59. The molecule has 2 aliphatic carbocycles. The Bertz CT molecular complexity index is 403. The molecule has 0 aromatic carbocycles. The van der Waals surface area contributed by atoms with Crippen LogP contribution >= 0.6 is 0 Å². The van der Waals surface area contributed by atoms with E-state index in [-0.39, 0.29) is 22.9 Å². The predicted octanol–water partition coefficient (Wildman–Crippen LogP) is 4.20. The van der Waals surface area contributed by atoms with Crippen LogP contribution in [0, 0.1) is 28.6 Å². The summed E-state index contributed by atoms with van der Waals surface area (Å²) in [5.74, 6) is 1.20. The Morgan fingerprint density at radius 2 is 1.74 bits per heavy atom. The normalized spacial score (nSPS) is 28.5. The standard InChI is InChI=1S/C17H28O2/c1-10(2)14(11(3)4)19-15(18)17(9-16(5,6)7)12-8-13(12)17/h8,10-12,14H,9H2,1-7H3. The summed E-state index contributed by atoms with van der Waals surface area (Å²) in [4.78, 5) is 12.6. The van der Waals surface area contributed by atoms with E-state index >= 15 is 0 Å². The van der Waals surface area contributed by atoms with E-state index in [1.54, 1.807) is 0 Å². The van der Waals surface area contributed by atoms with E-state index in [1.807, 2.05) is 0 Å². The zero-order valence-corrected chi connectivity index (χ0v) is 13.4. The number of fused-ring (bicyclic) bond motifs is 1. The Labute approximate surface area is 117 Å². The van der Waals surface area contributed by atoms with Crippen LogP contribution in [0.1, 0.15) is 54.9 Å². The molecule has 1 saturated carbocycles. The number of hydrogen-bond donors (Lipinski definition) is 0. The molecule has 0 aromatic rings. The predicted molar refractivity (Wildman–Crippen MR) is 77.6 cm³/mol. The summed E-state index contributed by atoms with van der Waals surface area (Å²) in [5, 5.41) is 0. The second-order valence-corrected chi connectivity index (χ2v) is 8.17. The largest absolute Gasteiger partial charge is 0.461 e. The molecule has 19 heavy (non-hydrogen) atoms. The number of carbonyl (C=O) groups excluding carboxylic acids is 1. The molecule has 0 amide bonds. The van der Waals surface area contributed by atoms with Crippen LogP contribution in [-0.4, -0.2) is 12.1 Å². The molecule has 2 nitrogen and oxygen atoms in total. The summed E-state index contributed by atoms with van der Waals surface area (Å²) in [6.07, 6.45) is 3.15. The van der Waals surface area contributed by atoms with E-state index in [0.717, 1.165) is 6.42 Å². The van der Waals surface area contributed by atoms with Crippen LogP contribution in [0.4, 0.5) is 0 Å². The zero-order chi connectivity index (χ0) is 14.6.